The monoisotopic (exact) mass is 404 g/mol. The molecule has 30 heavy (non-hydrogen) atoms. The molecule has 0 spiro atoms. The number of hydrogen-bond donors (Lipinski definition) is 1. The van der Waals surface area contributed by atoms with Crippen molar-refractivity contribution in [2.75, 3.05) is 38.1 Å². The molecule has 0 unspecified atom stereocenters. The second kappa shape index (κ2) is 7.14. The van der Waals surface area contributed by atoms with Gasteiger partial charge in [-0.1, -0.05) is 42.5 Å². The zero-order valence-corrected chi connectivity index (χ0v) is 17.1. The Bertz CT molecular complexity index is 1350. The van der Waals surface area contributed by atoms with E-state index in [-0.39, 0.29) is 0 Å². The van der Waals surface area contributed by atoms with Gasteiger partial charge in [0.25, 0.3) is 5.56 Å². The molecule has 1 saturated heterocycles. The fourth-order valence-electron chi connectivity index (χ4n) is 4.22. The van der Waals surface area contributed by atoms with E-state index < -0.39 is 11.2 Å². The summed E-state index contributed by atoms with van der Waals surface area (Å²) in [4.78, 5) is 36.7. The van der Waals surface area contributed by atoms with E-state index >= 15 is 0 Å². The first-order chi connectivity index (χ1) is 14.5. The van der Waals surface area contributed by atoms with Gasteiger partial charge in [0.1, 0.15) is 0 Å². The fraction of sp³-hybridized carbons (Fsp3) is 0.318. The minimum atomic E-state index is -0.452. The van der Waals surface area contributed by atoms with E-state index in [2.05, 4.69) is 46.1 Å². The Hall–Kier alpha value is -3.39. The number of aryl methyl sites for hydroxylation is 1. The maximum Gasteiger partial charge on any atom is 0.329 e. The lowest BCUT2D eigenvalue weighted by Crippen LogP contribution is -2.45. The van der Waals surface area contributed by atoms with Crippen molar-refractivity contribution < 1.29 is 0 Å². The van der Waals surface area contributed by atoms with E-state index in [1.807, 2.05) is 22.8 Å². The quantitative estimate of drug-likeness (QED) is 0.558. The molecule has 8 nitrogen and oxygen atoms in total. The van der Waals surface area contributed by atoms with Crippen LogP contribution < -0.4 is 16.1 Å². The number of aromatic nitrogens is 4. The number of likely N-dealkylation sites (N-methyl/N-ethyl adjacent to an activating group) is 1. The molecule has 154 valence electrons. The van der Waals surface area contributed by atoms with Crippen LogP contribution in [0, 0.1) is 0 Å². The van der Waals surface area contributed by atoms with Crippen molar-refractivity contribution in [3.05, 3.63) is 68.9 Å². The third-order valence-electron chi connectivity index (χ3n) is 5.98. The molecule has 1 N–H and O–H groups in total. The molecule has 1 aliphatic rings. The second-order valence-corrected chi connectivity index (χ2v) is 7.92. The number of piperazine rings is 1. The van der Waals surface area contributed by atoms with E-state index in [1.165, 1.54) is 4.57 Å². The maximum atomic E-state index is 12.8. The molecule has 0 aliphatic carbocycles. The zero-order valence-electron chi connectivity index (χ0n) is 17.1. The van der Waals surface area contributed by atoms with Crippen molar-refractivity contribution in [1.82, 2.24) is 24.0 Å². The molecular formula is C22H24N6O2. The summed E-state index contributed by atoms with van der Waals surface area (Å²) in [6, 6.07) is 14.4. The maximum absolute atomic E-state index is 12.8. The highest BCUT2D eigenvalue weighted by molar-refractivity contribution is 5.86. The fourth-order valence-corrected chi connectivity index (χ4v) is 4.22. The molecule has 0 bridgehead atoms. The molecule has 1 fully saturated rings. The van der Waals surface area contributed by atoms with Crippen molar-refractivity contribution in [1.29, 1.82) is 0 Å². The summed E-state index contributed by atoms with van der Waals surface area (Å²) >= 11 is 0. The lowest BCUT2D eigenvalue weighted by molar-refractivity contribution is 0.310. The normalized spacial score (nSPS) is 15.3. The number of nitrogens with one attached hydrogen (secondary N) is 1. The Morgan fingerprint density at radius 3 is 2.50 bits per heavy atom. The minimum absolute atomic E-state index is 0.402. The lowest BCUT2D eigenvalue weighted by Gasteiger charge is -2.33. The highest BCUT2D eigenvalue weighted by Gasteiger charge is 2.24. The van der Waals surface area contributed by atoms with Crippen molar-refractivity contribution >= 4 is 27.9 Å². The van der Waals surface area contributed by atoms with E-state index in [1.54, 1.807) is 7.05 Å². The first-order valence-electron chi connectivity index (χ1n) is 10.1. The van der Waals surface area contributed by atoms with Crippen molar-refractivity contribution in [3.8, 4) is 0 Å². The number of rotatable bonds is 3. The van der Waals surface area contributed by atoms with Crippen LogP contribution in [0.25, 0.3) is 21.9 Å². The number of nitrogens with zero attached hydrogens (tertiary/aromatic N) is 5. The molecule has 8 heteroatoms. The molecule has 2 aromatic carbocycles. The molecule has 0 radical (unpaired) electrons. The standard InChI is InChI=1S/C22H24N6O2/c1-25-10-12-27(13-11-25)21-23-19-18(20(29)24-22(30)26(19)2)28(21)14-16-8-5-7-15-6-3-4-9-17(15)16/h3-9H,10-14H2,1-2H3,(H,24,29,30). The first kappa shape index (κ1) is 18.6. The SMILES string of the molecule is CN1CCN(c2nc3c(c(=O)[nH]c(=O)n3C)n2Cc2cccc3ccccc23)CC1. The van der Waals surface area contributed by atoms with Gasteiger partial charge < -0.3 is 9.80 Å². The molecule has 2 aromatic heterocycles. The molecule has 0 amide bonds. The summed E-state index contributed by atoms with van der Waals surface area (Å²) < 4.78 is 3.37. The van der Waals surface area contributed by atoms with Gasteiger partial charge in [-0.15, -0.1) is 0 Å². The highest BCUT2D eigenvalue weighted by atomic mass is 16.2. The van der Waals surface area contributed by atoms with Crippen LogP contribution in [0.3, 0.4) is 0 Å². The number of hydrogen-bond acceptors (Lipinski definition) is 5. The number of aromatic amines is 1. The van der Waals surface area contributed by atoms with Gasteiger partial charge in [0.15, 0.2) is 11.2 Å². The van der Waals surface area contributed by atoms with Crippen molar-refractivity contribution in [3.63, 3.8) is 0 Å². The zero-order chi connectivity index (χ0) is 20.8. The predicted molar refractivity (Wildman–Crippen MR) is 118 cm³/mol. The molecule has 0 saturated carbocycles. The average Bonchev–Trinajstić information content (AvgIpc) is 3.13. The van der Waals surface area contributed by atoms with Crippen LogP contribution in [0.4, 0.5) is 5.95 Å². The van der Waals surface area contributed by atoms with Crippen LogP contribution >= 0.6 is 0 Å². The van der Waals surface area contributed by atoms with Crippen LogP contribution in [0.1, 0.15) is 5.56 Å². The van der Waals surface area contributed by atoms with Crippen LogP contribution in [0.15, 0.2) is 52.1 Å². The van der Waals surface area contributed by atoms with Gasteiger partial charge in [0.2, 0.25) is 5.95 Å². The van der Waals surface area contributed by atoms with Gasteiger partial charge in [-0.2, -0.15) is 4.98 Å². The molecule has 0 atom stereocenters. The summed E-state index contributed by atoms with van der Waals surface area (Å²) in [5.74, 6) is 0.734. The number of H-pyrrole nitrogens is 1. The van der Waals surface area contributed by atoms with E-state index in [4.69, 9.17) is 4.98 Å². The summed E-state index contributed by atoms with van der Waals surface area (Å²) in [7, 11) is 3.74. The van der Waals surface area contributed by atoms with E-state index in [9.17, 15) is 9.59 Å². The van der Waals surface area contributed by atoms with Gasteiger partial charge >= 0.3 is 5.69 Å². The van der Waals surface area contributed by atoms with Crippen LogP contribution in [-0.2, 0) is 13.6 Å². The molecule has 3 heterocycles. The second-order valence-electron chi connectivity index (χ2n) is 7.92. The van der Waals surface area contributed by atoms with Crippen molar-refractivity contribution in [2.45, 2.75) is 6.54 Å². The first-order valence-corrected chi connectivity index (χ1v) is 10.1. The van der Waals surface area contributed by atoms with Gasteiger partial charge in [0, 0.05) is 33.2 Å². The number of fused-ring (bicyclic) bond motifs is 2. The van der Waals surface area contributed by atoms with E-state index in [0.717, 1.165) is 48.5 Å². The van der Waals surface area contributed by atoms with Crippen LogP contribution in [-0.4, -0.2) is 57.2 Å². The van der Waals surface area contributed by atoms with Gasteiger partial charge in [0.05, 0.1) is 6.54 Å². The molecule has 5 rings (SSSR count). The topological polar surface area (TPSA) is 79.2 Å². The number of imidazole rings is 1. The van der Waals surface area contributed by atoms with Gasteiger partial charge in [-0.25, -0.2) is 4.79 Å². The summed E-state index contributed by atoms with van der Waals surface area (Å²) in [5.41, 5.74) is 1.10. The van der Waals surface area contributed by atoms with Crippen molar-refractivity contribution in [2.24, 2.45) is 7.05 Å². The third-order valence-corrected chi connectivity index (χ3v) is 5.98. The molecule has 1 aliphatic heterocycles. The van der Waals surface area contributed by atoms with Crippen LogP contribution in [0.5, 0.6) is 0 Å². The van der Waals surface area contributed by atoms with Crippen LogP contribution in [0.2, 0.25) is 0 Å². The number of benzene rings is 2. The molecular weight excluding hydrogens is 380 g/mol. The Morgan fingerprint density at radius 1 is 0.967 bits per heavy atom. The Labute approximate surface area is 173 Å². The summed E-state index contributed by atoms with van der Waals surface area (Å²) in [6.07, 6.45) is 0. The predicted octanol–water partition coefficient (Wildman–Crippen LogP) is 1.38. The number of anilines is 1. The lowest BCUT2D eigenvalue weighted by atomic mass is 10.0. The molecule has 4 aromatic rings. The highest BCUT2D eigenvalue weighted by Crippen LogP contribution is 2.25. The Balaban J connectivity index is 1.73. The smallest absolute Gasteiger partial charge is 0.329 e. The van der Waals surface area contributed by atoms with Gasteiger partial charge in [-0.3, -0.25) is 18.9 Å². The Morgan fingerprint density at radius 2 is 1.70 bits per heavy atom. The largest absolute Gasteiger partial charge is 0.340 e. The van der Waals surface area contributed by atoms with E-state index in [0.29, 0.717) is 17.7 Å². The van der Waals surface area contributed by atoms with Gasteiger partial charge in [-0.05, 0) is 23.4 Å². The minimum Gasteiger partial charge on any atom is -0.340 e. The third kappa shape index (κ3) is 3.00. The summed E-state index contributed by atoms with van der Waals surface area (Å²) in [6.45, 7) is 3.99. The average molecular weight is 404 g/mol. The summed E-state index contributed by atoms with van der Waals surface area (Å²) in [5, 5.41) is 2.30. The Kier molecular flexibility index (Phi) is 4.43.